The van der Waals surface area contributed by atoms with Gasteiger partial charge in [0.25, 0.3) is 5.91 Å². The van der Waals surface area contributed by atoms with Crippen LogP contribution in [0, 0.1) is 5.82 Å². The van der Waals surface area contributed by atoms with Crippen LogP contribution in [0.5, 0.6) is 0 Å². The fraction of sp³-hybridized carbons (Fsp3) is 0.286. The molecular formula is C21H22FN3O. The molecule has 1 aromatic heterocycles. The molecule has 0 spiro atoms. The number of piperidine rings is 1. The molecule has 0 aliphatic carbocycles. The van der Waals surface area contributed by atoms with Crippen LogP contribution >= 0.6 is 0 Å². The monoisotopic (exact) mass is 351 g/mol. The number of para-hydroxylation sites is 1. The molecule has 1 amide bonds. The van der Waals surface area contributed by atoms with Crippen LogP contribution in [0.1, 0.15) is 34.7 Å². The average molecular weight is 351 g/mol. The van der Waals surface area contributed by atoms with Crippen molar-refractivity contribution >= 4 is 16.8 Å². The maximum Gasteiger partial charge on any atom is 0.270 e. The summed E-state index contributed by atoms with van der Waals surface area (Å²) in [5.41, 5.74) is 5.64. The lowest BCUT2D eigenvalue weighted by Crippen LogP contribution is -2.29. The van der Waals surface area contributed by atoms with E-state index in [0.717, 1.165) is 31.4 Å². The highest BCUT2D eigenvalue weighted by Crippen LogP contribution is 2.33. The highest BCUT2D eigenvalue weighted by molar-refractivity contribution is 6.01. The summed E-state index contributed by atoms with van der Waals surface area (Å²) >= 11 is 0. The molecule has 2 aromatic carbocycles. The van der Waals surface area contributed by atoms with Gasteiger partial charge in [0, 0.05) is 17.1 Å². The first-order chi connectivity index (χ1) is 12.6. The third kappa shape index (κ3) is 3.22. The first kappa shape index (κ1) is 16.8. The second kappa shape index (κ2) is 6.92. The van der Waals surface area contributed by atoms with Gasteiger partial charge in [0.05, 0.1) is 5.52 Å². The minimum atomic E-state index is -0.350. The van der Waals surface area contributed by atoms with Gasteiger partial charge < -0.3 is 4.90 Å². The average Bonchev–Trinajstić information content (AvgIpc) is 3.02. The summed E-state index contributed by atoms with van der Waals surface area (Å²) in [6.07, 6.45) is 4.29. The van der Waals surface area contributed by atoms with Crippen LogP contribution in [0.15, 0.2) is 54.7 Å². The highest BCUT2D eigenvalue weighted by Gasteiger charge is 2.22. The van der Waals surface area contributed by atoms with E-state index in [0.29, 0.717) is 11.5 Å². The van der Waals surface area contributed by atoms with Crippen molar-refractivity contribution in [3.8, 4) is 0 Å². The number of carbonyl (C=O) groups excluding carboxylic acids is 1. The number of fused-ring (bicyclic) bond motifs is 1. The maximum absolute atomic E-state index is 13.1. The minimum absolute atomic E-state index is 0.249. The molecule has 2 heterocycles. The number of rotatable bonds is 3. The molecule has 134 valence electrons. The van der Waals surface area contributed by atoms with E-state index >= 15 is 0 Å². The smallest absolute Gasteiger partial charge is 0.270 e. The van der Waals surface area contributed by atoms with Crippen molar-refractivity contribution in [2.75, 3.05) is 25.6 Å². The predicted molar refractivity (Wildman–Crippen MR) is 102 cm³/mol. The van der Waals surface area contributed by atoms with Gasteiger partial charge in [-0.2, -0.15) is 0 Å². The number of benzene rings is 2. The molecule has 1 fully saturated rings. The molecule has 4 rings (SSSR count). The van der Waals surface area contributed by atoms with Crippen LogP contribution in [0.3, 0.4) is 0 Å². The molecule has 0 bridgehead atoms. The molecule has 1 aliphatic rings. The van der Waals surface area contributed by atoms with Gasteiger partial charge in [-0.05, 0) is 74.8 Å². The summed E-state index contributed by atoms with van der Waals surface area (Å²) in [4.78, 5) is 14.9. The molecule has 0 atom stereocenters. The predicted octanol–water partition coefficient (Wildman–Crippen LogP) is 3.97. The Morgan fingerprint density at radius 2 is 1.77 bits per heavy atom. The van der Waals surface area contributed by atoms with E-state index < -0.39 is 0 Å². The van der Waals surface area contributed by atoms with Crippen LogP contribution in [-0.4, -0.2) is 35.6 Å². The Morgan fingerprint density at radius 1 is 1.08 bits per heavy atom. The lowest BCUT2D eigenvalue weighted by atomic mass is 9.89. The van der Waals surface area contributed by atoms with Crippen LogP contribution in [0.25, 0.3) is 10.9 Å². The Morgan fingerprint density at radius 3 is 2.50 bits per heavy atom. The summed E-state index contributed by atoms with van der Waals surface area (Å²) < 4.78 is 14.9. The summed E-state index contributed by atoms with van der Waals surface area (Å²) in [6.45, 7) is 2.18. The molecule has 3 aromatic rings. The van der Waals surface area contributed by atoms with E-state index in [1.165, 1.54) is 35.2 Å². The topological polar surface area (TPSA) is 37.3 Å². The van der Waals surface area contributed by atoms with E-state index in [2.05, 4.69) is 23.4 Å². The Balaban J connectivity index is 1.65. The zero-order valence-electron chi connectivity index (χ0n) is 14.8. The van der Waals surface area contributed by atoms with Crippen LogP contribution < -0.4 is 5.43 Å². The summed E-state index contributed by atoms with van der Waals surface area (Å²) in [5.74, 6) is -0.0988. The Hall–Kier alpha value is -2.66. The number of nitrogens with zero attached hydrogens (tertiary/aromatic N) is 2. The number of aromatic nitrogens is 1. The van der Waals surface area contributed by atoms with E-state index in [-0.39, 0.29) is 11.7 Å². The Labute approximate surface area is 152 Å². The summed E-state index contributed by atoms with van der Waals surface area (Å²) in [7, 11) is 2.16. The van der Waals surface area contributed by atoms with Gasteiger partial charge in [0.1, 0.15) is 5.82 Å². The van der Waals surface area contributed by atoms with Crippen LogP contribution in [-0.2, 0) is 0 Å². The van der Waals surface area contributed by atoms with Crippen molar-refractivity contribution < 1.29 is 9.18 Å². The van der Waals surface area contributed by atoms with Gasteiger partial charge in [-0.3, -0.25) is 14.9 Å². The fourth-order valence-corrected chi connectivity index (χ4v) is 3.72. The highest BCUT2D eigenvalue weighted by atomic mass is 19.1. The lowest BCUT2D eigenvalue weighted by Gasteiger charge is -2.28. The first-order valence-electron chi connectivity index (χ1n) is 8.97. The van der Waals surface area contributed by atoms with Crippen molar-refractivity contribution in [3.05, 3.63) is 71.7 Å². The lowest BCUT2D eigenvalue weighted by molar-refractivity contribution is 0.101. The zero-order valence-corrected chi connectivity index (χ0v) is 14.8. The molecular weight excluding hydrogens is 329 g/mol. The van der Waals surface area contributed by atoms with Gasteiger partial charge in [0.15, 0.2) is 0 Å². The van der Waals surface area contributed by atoms with Crippen molar-refractivity contribution in [1.29, 1.82) is 0 Å². The fourth-order valence-electron chi connectivity index (χ4n) is 3.72. The molecule has 1 N–H and O–H groups in total. The first-order valence-corrected chi connectivity index (χ1v) is 8.97. The largest absolute Gasteiger partial charge is 0.306 e. The number of hydrogen-bond acceptors (Lipinski definition) is 2. The third-order valence-corrected chi connectivity index (χ3v) is 5.23. The van der Waals surface area contributed by atoms with E-state index in [1.807, 2.05) is 24.4 Å². The van der Waals surface area contributed by atoms with Crippen LogP contribution in [0.2, 0.25) is 0 Å². The summed E-state index contributed by atoms with van der Waals surface area (Å²) in [5, 5.41) is 1.18. The Bertz CT molecular complexity index is 924. The molecule has 1 aliphatic heterocycles. The second-order valence-electron chi connectivity index (χ2n) is 7.00. The standard InChI is InChI=1S/C21H22FN3O/c1-24-12-10-15(11-13-24)19-14-25(20-5-3-2-4-18(19)20)23-21(26)16-6-8-17(22)9-7-16/h2-9,14-15H,10-13H2,1H3,(H,23,26). The molecule has 0 saturated carbocycles. The van der Waals surface area contributed by atoms with Crippen molar-refractivity contribution in [3.63, 3.8) is 0 Å². The van der Waals surface area contributed by atoms with E-state index in [1.54, 1.807) is 4.68 Å². The Kier molecular flexibility index (Phi) is 4.47. The molecule has 0 unspecified atom stereocenters. The number of hydrogen-bond donors (Lipinski definition) is 1. The summed E-state index contributed by atoms with van der Waals surface area (Å²) in [6, 6.07) is 13.7. The van der Waals surface area contributed by atoms with Gasteiger partial charge in [0.2, 0.25) is 0 Å². The van der Waals surface area contributed by atoms with E-state index in [4.69, 9.17) is 0 Å². The molecule has 26 heavy (non-hydrogen) atoms. The van der Waals surface area contributed by atoms with Gasteiger partial charge in [-0.15, -0.1) is 0 Å². The third-order valence-electron chi connectivity index (χ3n) is 5.23. The number of halogens is 1. The molecule has 5 heteroatoms. The van der Waals surface area contributed by atoms with Crippen molar-refractivity contribution in [1.82, 2.24) is 9.58 Å². The molecule has 0 radical (unpaired) electrons. The van der Waals surface area contributed by atoms with Crippen molar-refractivity contribution in [2.45, 2.75) is 18.8 Å². The van der Waals surface area contributed by atoms with Gasteiger partial charge in [-0.1, -0.05) is 18.2 Å². The van der Waals surface area contributed by atoms with E-state index in [9.17, 15) is 9.18 Å². The minimum Gasteiger partial charge on any atom is -0.306 e. The van der Waals surface area contributed by atoms with Crippen molar-refractivity contribution in [2.24, 2.45) is 0 Å². The maximum atomic E-state index is 13.1. The number of amides is 1. The SMILES string of the molecule is CN1CCC(c2cn(NC(=O)c3ccc(F)cc3)c3ccccc23)CC1. The van der Waals surface area contributed by atoms with Crippen LogP contribution in [0.4, 0.5) is 4.39 Å². The zero-order chi connectivity index (χ0) is 18.1. The number of carbonyl (C=O) groups is 1. The normalized spacial score (nSPS) is 16.1. The molecule has 1 saturated heterocycles. The molecule has 4 nitrogen and oxygen atoms in total. The second-order valence-corrected chi connectivity index (χ2v) is 7.00. The quantitative estimate of drug-likeness (QED) is 0.775. The number of nitrogens with one attached hydrogen (secondary N) is 1. The van der Waals surface area contributed by atoms with Gasteiger partial charge >= 0.3 is 0 Å². The van der Waals surface area contributed by atoms with Gasteiger partial charge in [-0.25, -0.2) is 4.39 Å². The number of likely N-dealkylation sites (tertiary alicyclic amines) is 1.